The van der Waals surface area contributed by atoms with E-state index in [2.05, 4.69) is 35.6 Å². The van der Waals surface area contributed by atoms with Crippen molar-refractivity contribution in [3.8, 4) is 0 Å². The molecule has 2 fully saturated rings. The fraction of sp³-hybridized carbons (Fsp3) is 0.526. The van der Waals surface area contributed by atoms with Crippen LogP contribution >= 0.6 is 0 Å². The van der Waals surface area contributed by atoms with Crippen LogP contribution in [0.5, 0.6) is 0 Å². The van der Waals surface area contributed by atoms with Gasteiger partial charge in [-0.15, -0.1) is 0 Å². The molecule has 11 nitrogen and oxygen atoms in total. The summed E-state index contributed by atoms with van der Waals surface area (Å²) in [5.74, 6) is 1.10. The monoisotopic (exact) mass is 412 g/mol. The van der Waals surface area contributed by atoms with E-state index >= 15 is 0 Å². The van der Waals surface area contributed by atoms with Gasteiger partial charge in [-0.1, -0.05) is 12.8 Å². The molecule has 4 heterocycles. The van der Waals surface area contributed by atoms with Crippen molar-refractivity contribution < 1.29 is 14.9 Å². The Balaban J connectivity index is 1.34. The fourth-order valence-electron chi connectivity index (χ4n) is 4.12. The third-order valence-corrected chi connectivity index (χ3v) is 5.69. The number of fused-ring (bicyclic) bond motifs is 1. The van der Waals surface area contributed by atoms with Crippen LogP contribution < -0.4 is 10.6 Å². The van der Waals surface area contributed by atoms with E-state index < -0.39 is 24.5 Å². The van der Waals surface area contributed by atoms with Crippen molar-refractivity contribution in [2.45, 2.75) is 56.3 Å². The zero-order chi connectivity index (χ0) is 20.5. The molecule has 1 aliphatic carbocycles. The van der Waals surface area contributed by atoms with Crippen molar-refractivity contribution in [3.05, 3.63) is 31.1 Å². The first-order valence-corrected chi connectivity index (χ1v) is 10.2. The summed E-state index contributed by atoms with van der Waals surface area (Å²) in [5, 5.41) is 27.6. The molecule has 5 rings (SSSR count). The summed E-state index contributed by atoms with van der Waals surface area (Å²) in [4.78, 5) is 21.3. The van der Waals surface area contributed by atoms with Crippen LogP contribution in [0.2, 0.25) is 0 Å². The molecule has 0 spiro atoms. The Morgan fingerprint density at radius 2 is 1.83 bits per heavy atom. The number of rotatable bonds is 6. The second-order valence-corrected chi connectivity index (χ2v) is 7.67. The number of nitrogens with one attached hydrogen (secondary N) is 2. The highest BCUT2D eigenvalue weighted by molar-refractivity contribution is 5.82. The van der Waals surface area contributed by atoms with Gasteiger partial charge in [-0.05, 0) is 18.9 Å². The first-order valence-electron chi connectivity index (χ1n) is 10.2. The van der Waals surface area contributed by atoms with E-state index in [9.17, 15) is 10.2 Å². The van der Waals surface area contributed by atoms with Crippen molar-refractivity contribution in [1.29, 1.82) is 0 Å². The van der Waals surface area contributed by atoms with Crippen LogP contribution in [0.4, 0.5) is 11.8 Å². The minimum atomic E-state index is -1.13. The lowest BCUT2D eigenvalue weighted by Crippen LogP contribution is -2.35. The molecule has 3 aromatic rings. The minimum absolute atomic E-state index is 0.245. The Kier molecular flexibility index (Phi) is 5.15. The van der Waals surface area contributed by atoms with Crippen LogP contribution in [-0.2, 0) is 4.74 Å². The standard InChI is InChI=1S/C19H24N8O3/c28-14-12(8-22-19-20-6-3-7-21-19)30-18(15(14)29)27-10-25-13-16(23-9-24-17(13)27)26-11-4-1-2-5-11/h3,6-7,9-12,14-15,18,28-29H,1-2,4-5,8H2,(H,20,21,22)(H,23,24,26). The average Bonchev–Trinajstić information content (AvgIpc) is 3.49. The molecule has 1 aliphatic heterocycles. The van der Waals surface area contributed by atoms with E-state index in [1.54, 1.807) is 29.4 Å². The number of aliphatic hydroxyl groups is 2. The lowest BCUT2D eigenvalue weighted by molar-refractivity contribution is -0.0312. The average molecular weight is 412 g/mol. The molecule has 4 atom stereocenters. The number of hydrogen-bond donors (Lipinski definition) is 4. The highest BCUT2D eigenvalue weighted by atomic mass is 16.6. The smallest absolute Gasteiger partial charge is 0.222 e. The van der Waals surface area contributed by atoms with Gasteiger partial charge >= 0.3 is 0 Å². The predicted octanol–water partition coefficient (Wildman–Crippen LogP) is 0.702. The van der Waals surface area contributed by atoms with Gasteiger partial charge in [0.05, 0.1) is 6.33 Å². The lowest BCUT2D eigenvalue weighted by Gasteiger charge is -2.17. The van der Waals surface area contributed by atoms with E-state index in [-0.39, 0.29) is 6.54 Å². The van der Waals surface area contributed by atoms with Crippen molar-refractivity contribution >= 4 is 22.9 Å². The van der Waals surface area contributed by atoms with Crippen molar-refractivity contribution in [2.24, 2.45) is 0 Å². The summed E-state index contributed by atoms with van der Waals surface area (Å²) < 4.78 is 7.60. The Labute approximate surface area is 172 Å². The summed E-state index contributed by atoms with van der Waals surface area (Å²) >= 11 is 0. The zero-order valence-electron chi connectivity index (χ0n) is 16.3. The molecule has 0 radical (unpaired) electrons. The van der Waals surface area contributed by atoms with Gasteiger partial charge in [0.25, 0.3) is 0 Å². The number of imidazole rings is 1. The topological polar surface area (TPSA) is 143 Å². The van der Waals surface area contributed by atoms with Gasteiger partial charge in [-0.3, -0.25) is 4.57 Å². The molecule has 4 unspecified atom stereocenters. The largest absolute Gasteiger partial charge is 0.387 e. The normalized spacial score (nSPS) is 27.0. The van der Waals surface area contributed by atoms with Gasteiger partial charge in [0.15, 0.2) is 23.2 Å². The predicted molar refractivity (Wildman–Crippen MR) is 108 cm³/mol. The Morgan fingerprint density at radius 3 is 2.63 bits per heavy atom. The number of nitrogens with zero attached hydrogens (tertiary/aromatic N) is 6. The van der Waals surface area contributed by atoms with E-state index in [1.807, 2.05) is 0 Å². The number of hydrogen-bond acceptors (Lipinski definition) is 10. The maximum absolute atomic E-state index is 10.6. The van der Waals surface area contributed by atoms with E-state index in [0.717, 1.165) is 12.8 Å². The molecule has 158 valence electrons. The van der Waals surface area contributed by atoms with E-state index in [0.29, 0.717) is 29.0 Å². The summed E-state index contributed by atoms with van der Waals surface area (Å²) in [6, 6.07) is 2.10. The molecule has 2 aliphatic rings. The molecule has 30 heavy (non-hydrogen) atoms. The van der Waals surface area contributed by atoms with Crippen molar-refractivity contribution in [3.63, 3.8) is 0 Å². The molecule has 0 aromatic carbocycles. The molecule has 0 amide bonds. The number of aliphatic hydroxyl groups excluding tert-OH is 2. The molecular weight excluding hydrogens is 388 g/mol. The zero-order valence-corrected chi connectivity index (χ0v) is 16.3. The summed E-state index contributed by atoms with van der Waals surface area (Å²) in [6.07, 6.45) is 7.25. The molecule has 1 saturated heterocycles. The number of ether oxygens (including phenoxy) is 1. The highest BCUT2D eigenvalue weighted by Gasteiger charge is 2.44. The quantitative estimate of drug-likeness (QED) is 0.457. The Hall–Kier alpha value is -2.89. The van der Waals surface area contributed by atoms with Crippen LogP contribution in [0.15, 0.2) is 31.1 Å². The van der Waals surface area contributed by atoms with E-state index in [4.69, 9.17) is 4.74 Å². The summed E-state index contributed by atoms with van der Waals surface area (Å²) in [7, 11) is 0. The third kappa shape index (κ3) is 3.55. The van der Waals surface area contributed by atoms with Gasteiger partial charge in [0, 0.05) is 25.0 Å². The van der Waals surface area contributed by atoms with E-state index in [1.165, 1.54) is 19.2 Å². The van der Waals surface area contributed by atoms with Gasteiger partial charge in [0.2, 0.25) is 5.95 Å². The second-order valence-electron chi connectivity index (χ2n) is 7.67. The number of anilines is 2. The van der Waals surface area contributed by atoms with Crippen LogP contribution in [0.25, 0.3) is 11.2 Å². The summed E-state index contributed by atoms with van der Waals surface area (Å²) in [6.45, 7) is 0.245. The van der Waals surface area contributed by atoms with Gasteiger partial charge in [-0.2, -0.15) is 0 Å². The SMILES string of the molecule is OC1C(CNc2ncccn2)OC(n2cnc3c(NC4CCCC4)ncnc32)C1O. The fourth-order valence-corrected chi connectivity index (χ4v) is 4.12. The molecule has 3 aromatic heterocycles. The molecular formula is C19H24N8O3. The lowest BCUT2D eigenvalue weighted by atomic mass is 10.1. The van der Waals surface area contributed by atoms with Crippen LogP contribution in [0.1, 0.15) is 31.9 Å². The minimum Gasteiger partial charge on any atom is -0.387 e. The Morgan fingerprint density at radius 1 is 1.03 bits per heavy atom. The van der Waals surface area contributed by atoms with Gasteiger partial charge in [0.1, 0.15) is 24.6 Å². The Bertz CT molecular complexity index is 994. The molecule has 0 bridgehead atoms. The second kappa shape index (κ2) is 8.09. The van der Waals surface area contributed by atoms with Crippen LogP contribution in [0.3, 0.4) is 0 Å². The molecule has 1 saturated carbocycles. The first kappa shape index (κ1) is 19.1. The van der Waals surface area contributed by atoms with Crippen LogP contribution in [0, 0.1) is 0 Å². The maximum Gasteiger partial charge on any atom is 0.222 e. The third-order valence-electron chi connectivity index (χ3n) is 5.69. The highest BCUT2D eigenvalue weighted by Crippen LogP contribution is 2.33. The van der Waals surface area contributed by atoms with Crippen LogP contribution in [-0.4, -0.2) is 70.6 Å². The summed E-state index contributed by atoms with van der Waals surface area (Å²) in [5.41, 5.74) is 1.16. The van der Waals surface area contributed by atoms with Crippen molar-refractivity contribution in [1.82, 2.24) is 29.5 Å². The van der Waals surface area contributed by atoms with Gasteiger partial charge < -0.3 is 25.6 Å². The molecule has 4 N–H and O–H groups in total. The molecule has 11 heteroatoms. The first-order chi connectivity index (χ1) is 14.7. The van der Waals surface area contributed by atoms with Gasteiger partial charge in [-0.25, -0.2) is 24.9 Å². The van der Waals surface area contributed by atoms with Crippen molar-refractivity contribution in [2.75, 3.05) is 17.2 Å². The number of aromatic nitrogens is 6. The maximum atomic E-state index is 10.6.